The summed E-state index contributed by atoms with van der Waals surface area (Å²) in [5.74, 6) is 1.04. The second kappa shape index (κ2) is 8.14. The number of benzene rings is 1. The Bertz CT molecular complexity index is 749. The number of pyridine rings is 1. The first-order valence-electron chi connectivity index (χ1n) is 8.02. The number of nitrogens with zero attached hydrogens (tertiary/aromatic N) is 1. The molecule has 2 heterocycles. The zero-order chi connectivity index (χ0) is 17.5. The molecule has 130 valence electrons. The molecule has 1 aromatic carbocycles. The van der Waals surface area contributed by atoms with E-state index in [-0.39, 0.29) is 31.4 Å². The fourth-order valence-corrected chi connectivity index (χ4v) is 2.35. The van der Waals surface area contributed by atoms with Gasteiger partial charge in [0.1, 0.15) is 0 Å². The molecule has 0 atom stereocenters. The van der Waals surface area contributed by atoms with E-state index >= 15 is 0 Å². The molecule has 0 saturated carbocycles. The molecule has 25 heavy (non-hydrogen) atoms. The number of hydrogen-bond acceptors (Lipinski definition) is 5. The Morgan fingerprint density at radius 2 is 1.72 bits per heavy atom. The second-order valence-electron chi connectivity index (χ2n) is 5.56. The van der Waals surface area contributed by atoms with Crippen LogP contribution in [0.5, 0.6) is 11.5 Å². The molecule has 1 aliphatic rings. The summed E-state index contributed by atoms with van der Waals surface area (Å²) in [5.41, 5.74) is 1.69. The summed E-state index contributed by atoms with van der Waals surface area (Å²) >= 11 is 0. The highest BCUT2D eigenvalue weighted by atomic mass is 16.7. The lowest BCUT2D eigenvalue weighted by molar-refractivity contribution is -0.126. The second-order valence-corrected chi connectivity index (χ2v) is 5.56. The normalized spacial score (nSPS) is 11.8. The van der Waals surface area contributed by atoms with Crippen molar-refractivity contribution in [3.8, 4) is 11.5 Å². The third-order valence-electron chi connectivity index (χ3n) is 3.70. The summed E-state index contributed by atoms with van der Waals surface area (Å²) in [5, 5.41) is 5.54. The third kappa shape index (κ3) is 4.94. The number of fused-ring (bicyclic) bond motifs is 1. The molecule has 1 aromatic heterocycles. The SMILES string of the molecule is O=C(CCC(=O)NCc1ccccn1)NCc1ccc2c(c1)OCO2. The van der Waals surface area contributed by atoms with Crippen LogP contribution in [0.3, 0.4) is 0 Å². The molecule has 7 heteroatoms. The lowest BCUT2D eigenvalue weighted by atomic mass is 10.2. The third-order valence-corrected chi connectivity index (χ3v) is 3.70. The van der Waals surface area contributed by atoms with Gasteiger partial charge in [0.2, 0.25) is 18.6 Å². The maximum atomic E-state index is 11.9. The number of ether oxygens (including phenoxy) is 2. The van der Waals surface area contributed by atoms with Crippen molar-refractivity contribution >= 4 is 11.8 Å². The van der Waals surface area contributed by atoms with Gasteiger partial charge in [0.25, 0.3) is 0 Å². The van der Waals surface area contributed by atoms with E-state index in [1.54, 1.807) is 6.20 Å². The lowest BCUT2D eigenvalue weighted by Gasteiger charge is -2.07. The summed E-state index contributed by atoms with van der Waals surface area (Å²) < 4.78 is 10.5. The largest absolute Gasteiger partial charge is 0.454 e. The molecule has 2 N–H and O–H groups in total. The smallest absolute Gasteiger partial charge is 0.231 e. The fraction of sp³-hybridized carbons (Fsp3) is 0.278. The van der Waals surface area contributed by atoms with Gasteiger partial charge in [-0.2, -0.15) is 0 Å². The van der Waals surface area contributed by atoms with Crippen molar-refractivity contribution in [2.75, 3.05) is 6.79 Å². The van der Waals surface area contributed by atoms with Crippen LogP contribution in [0.2, 0.25) is 0 Å². The van der Waals surface area contributed by atoms with Crippen molar-refractivity contribution in [2.24, 2.45) is 0 Å². The van der Waals surface area contributed by atoms with Crippen molar-refractivity contribution < 1.29 is 19.1 Å². The van der Waals surface area contributed by atoms with Crippen molar-refractivity contribution in [2.45, 2.75) is 25.9 Å². The van der Waals surface area contributed by atoms with Crippen molar-refractivity contribution in [1.29, 1.82) is 0 Å². The number of rotatable bonds is 7. The molecule has 2 aromatic rings. The van der Waals surface area contributed by atoms with E-state index in [4.69, 9.17) is 9.47 Å². The summed E-state index contributed by atoms with van der Waals surface area (Å²) in [4.78, 5) is 27.8. The van der Waals surface area contributed by atoms with Crippen molar-refractivity contribution in [3.63, 3.8) is 0 Å². The summed E-state index contributed by atoms with van der Waals surface area (Å²) in [6.07, 6.45) is 1.95. The van der Waals surface area contributed by atoms with E-state index in [9.17, 15) is 9.59 Å². The van der Waals surface area contributed by atoms with Crippen LogP contribution in [0, 0.1) is 0 Å². The molecule has 3 rings (SSSR count). The van der Waals surface area contributed by atoms with Gasteiger partial charge in [-0.1, -0.05) is 12.1 Å². The van der Waals surface area contributed by atoms with E-state index < -0.39 is 0 Å². The average molecular weight is 341 g/mol. The van der Waals surface area contributed by atoms with E-state index in [1.807, 2.05) is 36.4 Å². The van der Waals surface area contributed by atoms with E-state index in [0.717, 1.165) is 11.3 Å². The van der Waals surface area contributed by atoms with Gasteiger partial charge in [-0.25, -0.2) is 0 Å². The number of hydrogen-bond donors (Lipinski definition) is 2. The van der Waals surface area contributed by atoms with Crippen molar-refractivity contribution in [3.05, 3.63) is 53.9 Å². The standard InChI is InChI=1S/C18H19N3O4/c22-17(6-7-18(23)21-11-14-3-1-2-8-19-14)20-10-13-4-5-15-16(9-13)25-12-24-15/h1-5,8-9H,6-7,10-12H2,(H,20,22)(H,21,23). The van der Waals surface area contributed by atoms with Crippen LogP contribution in [0.15, 0.2) is 42.6 Å². The molecular weight excluding hydrogens is 322 g/mol. The highest BCUT2D eigenvalue weighted by molar-refractivity contribution is 5.83. The Balaban J connectivity index is 1.35. The van der Waals surface area contributed by atoms with Crippen molar-refractivity contribution in [1.82, 2.24) is 15.6 Å². The van der Waals surface area contributed by atoms with Crippen LogP contribution in [0.25, 0.3) is 0 Å². The van der Waals surface area contributed by atoms with Crippen LogP contribution in [-0.2, 0) is 22.7 Å². The monoisotopic (exact) mass is 341 g/mol. The number of carbonyl (C=O) groups excluding carboxylic acids is 2. The number of nitrogens with one attached hydrogen (secondary N) is 2. The zero-order valence-electron chi connectivity index (χ0n) is 13.7. The molecule has 0 fully saturated rings. The van der Waals surface area contributed by atoms with Gasteiger partial charge < -0.3 is 20.1 Å². The Hall–Kier alpha value is -3.09. The summed E-state index contributed by atoms with van der Waals surface area (Å²) in [6, 6.07) is 11.0. The first-order valence-corrected chi connectivity index (χ1v) is 8.02. The highest BCUT2D eigenvalue weighted by Crippen LogP contribution is 2.32. The van der Waals surface area contributed by atoms with Crippen LogP contribution in [0.4, 0.5) is 0 Å². The number of aromatic nitrogens is 1. The Labute approximate surface area is 145 Å². The number of carbonyl (C=O) groups is 2. The zero-order valence-corrected chi connectivity index (χ0v) is 13.7. The maximum absolute atomic E-state index is 11.9. The van der Waals surface area contributed by atoms with E-state index in [1.165, 1.54) is 0 Å². The predicted octanol–water partition coefficient (Wildman–Crippen LogP) is 1.52. The number of amides is 2. The predicted molar refractivity (Wildman–Crippen MR) is 89.7 cm³/mol. The van der Waals surface area contributed by atoms with Gasteiger partial charge in [-0.05, 0) is 29.8 Å². The van der Waals surface area contributed by atoms with Crippen LogP contribution >= 0.6 is 0 Å². The van der Waals surface area contributed by atoms with Crippen LogP contribution in [0.1, 0.15) is 24.1 Å². The molecule has 0 bridgehead atoms. The molecule has 0 unspecified atom stereocenters. The topological polar surface area (TPSA) is 89.6 Å². The molecular formula is C18H19N3O4. The fourth-order valence-electron chi connectivity index (χ4n) is 2.35. The molecule has 0 radical (unpaired) electrons. The molecule has 0 aliphatic carbocycles. The van der Waals surface area contributed by atoms with E-state index in [0.29, 0.717) is 24.6 Å². The molecule has 7 nitrogen and oxygen atoms in total. The Morgan fingerprint density at radius 1 is 0.960 bits per heavy atom. The minimum Gasteiger partial charge on any atom is -0.454 e. The molecule has 0 spiro atoms. The van der Waals surface area contributed by atoms with Gasteiger partial charge in [-0.15, -0.1) is 0 Å². The highest BCUT2D eigenvalue weighted by Gasteiger charge is 2.13. The minimum atomic E-state index is -0.177. The summed E-state index contributed by atoms with van der Waals surface area (Å²) in [6.45, 7) is 0.961. The van der Waals surface area contributed by atoms with E-state index in [2.05, 4.69) is 15.6 Å². The first-order chi connectivity index (χ1) is 12.2. The Kier molecular flexibility index (Phi) is 5.46. The summed E-state index contributed by atoms with van der Waals surface area (Å²) in [7, 11) is 0. The van der Waals surface area contributed by atoms with Gasteiger partial charge in [0.05, 0.1) is 12.2 Å². The minimum absolute atomic E-state index is 0.138. The average Bonchev–Trinajstić information content (AvgIpc) is 3.11. The van der Waals surface area contributed by atoms with Crippen LogP contribution < -0.4 is 20.1 Å². The van der Waals surface area contributed by atoms with Gasteiger partial charge in [-0.3, -0.25) is 14.6 Å². The molecule has 1 aliphatic heterocycles. The molecule has 2 amide bonds. The Morgan fingerprint density at radius 3 is 2.48 bits per heavy atom. The van der Waals surface area contributed by atoms with Gasteiger partial charge >= 0.3 is 0 Å². The quantitative estimate of drug-likeness (QED) is 0.797. The lowest BCUT2D eigenvalue weighted by Crippen LogP contribution is -2.27. The van der Waals surface area contributed by atoms with Gasteiger partial charge in [0, 0.05) is 25.6 Å². The maximum Gasteiger partial charge on any atom is 0.231 e. The first kappa shape index (κ1) is 16.8. The van der Waals surface area contributed by atoms with Gasteiger partial charge in [0.15, 0.2) is 11.5 Å². The molecule has 0 saturated heterocycles. The van der Waals surface area contributed by atoms with Crippen LogP contribution in [-0.4, -0.2) is 23.6 Å².